The molecule has 2 aromatic carbocycles. The molecule has 2 aromatic rings. The van der Waals surface area contributed by atoms with E-state index in [4.69, 9.17) is 32.7 Å². The molecule has 0 aliphatic rings. The third kappa shape index (κ3) is 4.54. The van der Waals surface area contributed by atoms with Crippen LogP contribution in [0, 0.1) is 0 Å². The van der Waals surface area contributed by atoms with E-state index in [-0.39, 0.29) is 16.5 Å². The number of hydrogen-bond donors (Lipinski definition) is 1. The molecular formula is C16H17Cl2NO4S. The Hall–Kier alpha value is -1.47. The zero-order valence-electron chi connectivity index (χ0n) is 13.2. The highest BCUT2D eigenvalue weighted by atomic mass is 35.5. The highest BCUT2D eigenvalue weighted by Gasteiger charge is 2.15. The number of benzene rings is 2. The number of ether oxygens (including phenoxy) is 2. The third-order valence-electron chi connectivity index (χ3n) is 3.38. The van der Waals surface area contributed by atoms with Crippen LogP contribution >= 0.6 is 23.2 Å². The summed E-state index contributed by atoms with van der Waals surface area (Å²) < 4.78 is 37.5. The lowest BCUT2D eigenvalue weighted by Gasteiger charge is -2.11. The van der Waals surface area contributed by atoms with Crippen LogP contribution in [0.2, 0.25) is 10.0 Å². The molecule has 0 saturated carbocycles. The second-order valence-electron chi connectivity index (χ2n) is 4.90. The lowest BCUT2D eigenvalue weighted by Crippen LogP contribution is -2.26. The average Bonchev–Trinajstić information content (AvgIpc) is 2.57. The lowest BCUT2D eigenvalue weighted by molar-refractivity contribution is 0.391. The third-order valence-corrected chi connectivity index (χ3v) is 5.58. The molecule has 0 aliphatic heterocycles. The minimum absolute atomic E-state index is 0.0681. The molecule has 0 aromatic heterocycles. The minimum Gasteiger partial charge on any atom is -0.497 e. The van der Waals surface area contributed by atoms with Gasteiger partial charge in [-0.1, -0.05) is 29.3 Å². The Labute approximate surface area is 151 Å². The minimum atomic E-state index is -3.66. The molecule has 0 aliphatic carbocycles. The van der Waals surface area contributed by atoms with Crippen molar-refractivity contribution < 1.29 is 17.9 Å². The van der Waals surface area contributed by atoms with Crippen molar-refractivity contribution >= 4 is 33.2 Å². The molecule has 1 N–H and O–H groups in total. The molecule has 0 saturated heterocycles. The highest BCUT2D eigenvalue weighted by Crippen LogP contribution is 2.26. The molecule has 0 amide bonds. The summed E-state index contributed by atoms with van der Waals surface area (Å²) in [6.07, 6.45) is 0.466. The van der Waals surface area contributed by atoms with Gasteiger partial charge >= 0.3 is 0 Å². The predicted octanol–water partition coefficient (Wildman–Crippen LogP) is 3.53. The molecule has 5 nitrogen and oxygen atoms in total. The van der Waals surface area contributed by atoms with Crippen molar-refractivity contribution in [3.8, 4) is 11.5 Å². The molecule has 0 fully saturated rings. The number of nitrogens with one attached hydrogen (secondary N) is 1. The molecule has 0 radical (unpaired) electrons. The van der Waals surface area contributed by atoms with Crippen LogP contribution in [0.25, 0.3) is 0 Å². The average molecular weight is 390 g/mol. The summed E-state index contributed by atoms with van der Waals surface area (Å²) in [6.45, 7) is 0.214. The summed E-state index contributed by atoms with van der Waals surface area (Å²) in [5.41, 5.74) is 0.870. The Morgan fingerprint density at radius 3 is 2.38 bits per heavy atom. The Morgan fingerprint density at radius 2 is 1.75 bits per heavy atom. The standard InChI is InChI=1S/C16H17Cl2NO4S/c1-22-12-4-3-11(16(9-12)23-2)7-8-19-24(20,21)13-5-6-14(17)15(18)10-13/h3-6,9-10,19H,7-8H2,1-2H3. The van der Waals surface area contributed by atoms with Gasteiger partial charge in [0.05, 0.1) is 29.2 Å². The van der Waals surface area contributed by atoms with E-state index in [1.807, 2.05) is 6.07 Å². The van der Waals surface area contributed by atoms with Gasteiger partial charge in [0.15, 0.2) is 0 Å². The van der Waals surface area contributed by atoms with Gasteiger partial charge in [-0.3, -0.25) is 0 Å². The van der Waals surface area contributed by atoms with Crippen molar-refractivity contribution in [1.29, 1.82) is 0 Å². The number of halogens is 2. The van der Waals surface area contributed by atoms with E-state index in [2.05, 4.69) is 4.72 Å². The first kappa shape index (κ1) is 18.9. The molecule has 0 heterocycles. The van der Waals surface area contributed by atoms with Gasteiger partial charge in [0.25, 0.3) is 0 Å². The topological polar surface area (TPSA) is 64.6 Å². The second kappa shape index (κ2) is 8.07. The van der Waals surface area contributed by atoms with Crippen molar-refractivity contribution in [1.82, 2.24) is 4.72 Å². The van der Waals surface area contributed by atoms with Crippen molar-refractivity contribution in [2.24, 2.45) is 0 Å². The lowest BCUT2D eigenvalue weighted by atomic mass is 10.1. The summed E-state index contributed by atoms with van der Waals surface area (Å²) in [4.78, 5) is 0.0681. The zero-order valence-corrected chi connectivity index (χ0v) is 15.5. The van der Waals surface area contributed by atoms with Crippen LogP contribution in [0.1, 0.15) is 5.56 Å². The van der Waals surface area contributed by atoms with Gasteiger partial charge in [-0.25, -0.2) is 13.1 Å². The normalized spacial score (nSPS) is 11.3. The molecular weight excluding hydrogens is 373 g/mol. The number of sulfonamides is 1. The van der Waals surface area contributed by atoms with Crippen molar-refractivity contribution in [2.45, 2.75) is 11.3 Å². The maximum absolute atomic E-state index is 12.3. The monoisotopic (exact) mass is 389 g/mol. The molecule has 2 rings (SSSR count). The van der Waals surface area contributed by atoms with Gasteiger partial charge in [0.1, 0.15) is 11.5 Å². The van der Waals surface area contributed by atoms with E-state index in [1.54, 1.807) is 26.4 Å². The van der Waals surface area contributed by atoms with E-state index >= 15 is 0 Å². The van der Waals surface area contributed by atoms with E-state index in [9.17, 15) is 8.42 Å². The van der Waals surface area contributed by atoms with Gasteiger partial charge in [-0.05, 0) is 36.2 Å². The fraction of sp³-hybridized carbons (Fsp3) is 0.250. The Morgan fingerprint density at radius 1 is 1.00 bits per heavy atom. The Bertz CT molecular complexity index is 825. The largest absolute Gasteiger partial charge is 0.497 e. The van der Waals surface area contributed by atoms with Crippen LogP contribution in [0.5, 0.6) is 11.5 Å². The quantitative estimate of drug-likeness (QED) is 0.786. The maximum Gasteiger partial charge on any atom is 0.240 e. The van der Waals surface area contributed by atoms with Crippen LogP contribution in [-0.2, 0) is 16.4 Å². The molecule has 0 atom stereocenters. The summed E-state index contributed by atoms with van der Waals surface area (Å²) in [6, 6.07) is 9.56. The van der Waals surface area contributed by atoms with Gasteiger partial charge in [-0.15, -0.1) is 0 Å². The van der Waals surface area contributed by atoms with Crippen LogP contribution in [0.3, 0.4) is 0 Å². The SMILES string of the molecule is COc1ccc(CCNS(=O)(=O)c2ccc(Cl)c(Cl)c2)c(OC)c1. The van der Waals surface area contributed by atoms with Gasteiger partial charge in [-0.2, -0.15) is 0 Å². The highest BCUT2D eigenvalue weighted by molar-refractivity contribution is 7.89. The summed E-state index contributed by atoms with van der Waals surface area (Å²) in [7, 11) is -0.538. The van der Waals surface area contributed by atoms with Crippen molar-refractivity contribution in [2.75, 3.05) is 20.8 Å². The zero-order chi connectivity index (χ0) is 17.7. The van der Waals surface area contributed by atoms with Crippen LogP contribution < -0.4 is 14.2 Å². The molecule has 130 valence electrons. The number of hydrogen-bond acceptors (Lipinski definition) is 4. The fourth-order valence-corrected chi connectivity index (χ4v) is 3.53. The van der Waals surface area contributed by atoms with Crippen LogP contribution in [0.15, 0.2) is 41.3 Å². The first-order valence-electron chi connectivity index (χ1n) is 7.03. The number of rotatable bonds is 7. The maximum atomic E-state index is 12.3. The van der Waals surface area contributed by atoms with Gasteiger partial charge < -0.3 is 9.47 Å². The van der Waals surface area contributed by atoms with Crippen molar-refractivity contribution in [3.63, 3.8) is 0 Å². The smallest absolute Gasteiger partial charge is 0.240 e. The molecule has 0 unspecified atom stereocenters. The van der Waals surface area contributed by atoms with Gasteiger partial charge in [0.2, 0.25) is 10.0 Å². The molecule has 8 heteroatoms. The van der Waals surface area contributed by atoms with E-state index in [0.29, 0.717) is 22.9 Å². The van der Waals surface area contributed by atoms with E-state index < -0.39 is 10.0 Å². The van der Waals surface area contributed by atoms with Crippen molar-refractivity contribution in [3.05, 3.63) is 52.0 Å². The summed E-state index contributed by atoms with van der Waals surface area (Å²) >= 11 is 11.7. The number of methoxy groups -OCH3 is 2. The fourth-order valence-electron chi connectivity index (χ4n) is 2.11. The second-order valence-corrected chi connectivity index (χ2v) is 7.48. The summed E-state index contributed by atoms with van der Waals surface area (Å²) in [5.74, 6) is 1.31. The van der Waals surface area contributed by atoms with E-state index in [0.717, 1.165) is 5.56 Å². The van der Waals surface area contributed by atoms with E-state index in [1.165, 1.54) is 18.2 Å². The molecule has 24 heavy (non-hydrogen) atoms. The molecule has 0 spiro atoms. The Balaban J connectivity index is 2.06. The van der Waals surface area contributed by atoms with Crippen LogP contribution in [-0.4, -0.2) is 29.2 Å². The van der Waals surface area contributed by atoms with Crippen LogP contribution in [0.4, 0.5) is 0 Å². The first-order chi connectivity index (χ1) is 11.4. The molecule has 0 bridgehead atoms. The summed E-state index contributed by atoms with van der Waals surface area (Å²) in [5, 5.41) is 0.495. The first-order valence-corrected chi connectivity index (χ1v) is 9.27. The predicted molar refractivity (Wildman–Crippen MR) is 94.9 cm³/mol. The Kier molecular flexibility index (Phi) is 6.34. The van der Waals surface area contributed by atoms with Gasteiger partial charge in [0, 0.05) is 12.6 Å².